The number of rotatable bonds is 6. The Labute approximate surface area is 116 Å². The summed E-state index contributed by atoms with van der Waals surface area (Å²) >= 11 is 0. The zero-order valence-electron chi connectivity index (χ0n) is 12.2. The first-order valence-corrected chi connectivity index (χ1v) is 7.88. The molecular formula is C15H28N2O2. The average Bonchev–Trinajstić information content (AvgIpc) is 2.93. The van der Waals surface area contributed by atoms with E-state index >= 15 is 0 Å². The topological polar surface area (TPSA) is 41.6 Å². The summed E-state index contributed by atoms with van der Waals surface area (Å²) in [6.45, 7) is 5.92. The fourth-order valence-corrected chi connectivity index (χ4v) is 3.31. The molecule has 1 atom stereocenters. The van der Waals surface area contributed by atoms with E-state index in [1.165, 1.54) is 51.6 Å². The molecule has 110 valence electrons. The molecule has 1 saturated heterocycles. The Kier molecular flexibility index (Phi) is 6.11. The fourth-order valence-electron chi connectivity index (χ4n) is 3.31. The Morgan fingerprint density at radius 2 is 2.05 bits per heavy atom. The summed E-state index contributed by atoms with van der Waals surface area (Å²) in [5.74, 6) is 0.658. The summed E-state index contributed by atoms with van der Waals surface area (Å²) in [7, 11) is 0. The van der Waals surface area contributed by atoms with Gasteiger partial charge in [-0.15, -0.1) is 0 Å². The van der Waals surface area contributed by atoms with E-state index < -0.39 is 0 Å². The van der Waals surface area contributed by atoms with Gasteiger partial charge in [-0.05, 0) is 38.6 Å². The van der Waals surface area contributed by atoms with Crippen LogP contribution in [-0.4, -0.2) is 49.7 Å². The minimum Gasteiger partial charge on any atom is -0.372 e. The fraction of sp³-hybridized carbons (Fsp3) is 0.933. The number of carbonyl (C=O) groups excluding carboxylic acids is 1. The first-order valence-electron chi connectivity index (χ1n) is 7.88. The van der Waals surface area contributed by atoms with Crippen LogP contribution in [0.5, 0.6) is 0 Å². The number of hydrogen-bond acceptors (Lipinski definition) is 3. The molecule has 2 rings (SSSR count). The second-order valence-corrected chi connectivity index (χ2v) is 5.88. The van der Waals surface area contributed by atoms with Crippen molar-refractivity contribution >= 4 is 5.91 Å². The van der Waals surface area contributed by atoms with E-state index in [1.54, 1.807) is 0 Å². The second kappa shape index (κ2) is 7.85. The van der Waals surface area contributed by atoms with Gasteiger partial charge in [-0.25, -0.2) is 0 Å². The Bertz CT molecular complexity index is 277. The number of nitrogens with one attached hydrogen (secondary N) is 1. The molecule has 2 aliphatic rings. The van der Waals surface area contributed by atoms with E-state index in [0.29, 0.717) is 12.5 Å². The highest BCUT2D eigenvalue weighted by molar-refractivity contribution is 5.77. The van der Waals surface area contributed by atoms with Crippen molar-refractivity contribution in [3.05, 3.63) is 0 Å². The molecule has 0 spiro atoms. The van der Waals surface area contributed by atoms with Crippen molar-refractivity contribution in [3.8, 4) is 0 Å². The average molecular weight is 268 g/mol. The van der Waals surface area contributed by atoms with E-state index in [-0.39, 0.29) is 12.5 Å². The quantitative estimate of drug-likeness (QED) is 0.798. The van der Waals surface area contributed by atoms with Gasteiger partial charge in [0.25, 0.3) is 0 Å². The molecule has 0 radical (unpaired) electrons. The summed E-state index contributed by atoms with van der Waals surface area (Å²) < 4.78 is 5.10. The molecule has 1 N–H and O–H groups in total. The molecule has 0 bridgehead atoms. The number of amides is 1. The number of carbonyl (C=O) groups is 1. The molecule has 4 nitrogen and oxygen atoms in total. The molecule has 0 aromatic rings. The molecule has 0 aromatic carbocycles. The van der Waals surface area contributed by atoms with Gasteiger partial charge in [0, 0.05) is 25.7 Å². The maximum absolute atomic E-state index is 11.5. The summed E-state index contributed by atoms with van der Waals surface area (Å²) in [4.78, 5) is 14.1. The van der Waals surface area contributed by atoms with Gasteiger partial charge in [-0.1, -0.05) is 19.3 Å². The van der Waals surface area contributed by atoms with Crippen LogP contribution in [0.3, 0.4) is 0 Å². The van der Waals surface area contributed by atoms with Crippen LogP contribution in [-0.2, 0) is 9.53 Å². The van der Waals surface area contributed by atoms with Gasteiger partial charge in [0.2, 0.25) is 5.91 Å². The van der Waals surface area contributed by atoms with E-state index in [4.69, 9.17) is 4.74 Å². The lowest BCUT2D eigenvalue weighted by Crippen LogP contribution is -2.37. The monoisotopic (exact) mass is 268 g/mol. The highest BCUT2D eigenvalue weighted by Crippen LogP contribution is 2.27. The molecule has 1 aliphatic carbocycles. The van der Waals surface area contributed by atoms with Crippen molar-refractivity contribution < 1.29 is 9.53 Å². The third kappa shape index (κ3) is 4.77. The van der Waals surface area contributed by atoms with Crippen molar-refractivity contribution in [2.24, 2.45) is 5.92 Å². The molecular weight excluding hydrogens is 240 g/mol. The number of likely N-dealkylation sites (tertiary alicyclic amines) is 1. The smallest absolute Gasteiger partial charge is 0.246 e. The lowest BCUT2D eigenvalue weighted by atomic mass is 9.94. The summed E-state index contributed by atoms with van der Waals surface area (Å²) in [6.07, 6.45) is 8.20. The van der Waals surface area contributed by atoms with Crippen LogP contribution in [0.25, 0.3) is 0 Å². The summed E-state index contributed by atoms with van der Waals surface area (Å²) in [6, 6.07) is 0.817. The van der Waals surface area contributed by atoms with Crippen molar-refractivity contribution in [2.45, 2.75) is 51.5 Å². The Morgan fingerprint density at radius 1 is 1.26 bits per heavy atom. The maximum atomic E-state index is 11.5. The highest BCUT2D eigenvalue weighted by atomic mass is 16.5. The zero-order valence-corrected chi connectivity index (χ0v) is 12.2. The van der Waals surface area contributed by atoms with Crippen LogP contribution in [0.2, 0.25) is 0 Å². The van der Waals surface area contributed by atoms with Crippen LogP contribution in [0, 0.1) is 5.92 Å². The number of nitrogens with zero attached hydrogens (tertiary/aromatic N) is 1. The molecule has 19 heavy (non-hydrogen) atoms. The third-order valence-electron chi connectivity index (χ3n) is 4.43. The van der Waals surface area contributed by atoms with E-state index in [0.717, 1.165) is 12.6 Å². The largest absolute Gasteiger partial charge is 0.372 e. The van der Waals surface area contributed by atoms with Gasteiger partial charge in [0.15, 0.2) is 0 Å². The Morgan fingerprint density at radius 3 is 2.79 bits per heavy atom. The summed E-state index contributed by atoms with van der Waals surface area (Å²) in [5, 5.41) is 2.99. The lowest BCUT2D eigenvalue weighted by Gasteiger charge is -2.31. The lowest BCUT2D eigenvalue weighted by molar-refractivity contribution is -0.125. The first kappa shape index (κ1) is 14.8. The van der Waals surface area contributed by atoms with E-state index in [2.05, 4.69) is 10.2 Å². The van der Waals surface area contributed by atoms with Crippen LogP contribution in [0.15, 0.2) is 0 Å². The first-order chi connectivity index (χ1) is 9.29. The normalized spacial score (nSPS) is 25.6. The van der Waals surface area contributed by atoms with Gasteiger partial charge in [0.05, 0.1) is 0 Å². The van der Waals surface area contributed by atoms with Crippen molar-refractivity contribution in [2.75, 3.05) is 32.8 Å². The Balaban J connectivity index is 1.63. The molecule has 1 aliphatic heterocycles. The van der Waals surface area contributed by atoms with E-state index in [9.17, 15) is 4.79 Å². The molecule has 0 unspecified atom stereocenters. The minimum absolute atomic E-state index is 0.0259. The van der Waals surface area contributed by atoms with Crippen LogP contribution in [0.4, 0.5) is 0 Å². The minimum atomic E-state index is 0.0259. The van der Waals surface area contributed by atoms with Gasteiger partial charge >= 0.3 is 0 Å². The Hall–Kier alpha value is -0.610. The number of hydrogen-bond donors (Lipinski definition) is 1. The van der Waals surface area contributed by atoms with Crippen LogP contribution >= 0.6 is 0 Å². The van der Waals surface area contributed by atoms with Gasteiger partial charge < -0.3 is 15.0 Å². The van der Waals surface area contributed by atoms with Gasteiger partial charge in [0.1, 0.15) is 6.61 Å². The second-order valence-electron chi connectivity index (χ2n) is 5.88. The molecule has 0 aromatic heterocycles. The van der Waals surface area contributed by atoms with Crippen molar-refractivity contribution in [1.29, 1.82) is 0 Å². The standard InChI is InChI=1S/C15H28N2O2/c1-2-19-12-15(18)16-10-13-8-9-17(11-13)14-6-4-3-5-7-14/h13-14H,2-12H2,1H3,(H,16,18)/t13-/m1/s1. The molecule has 4 heteroatoms. The molecule has 1 amide bonds. The van der Waals surface area contributed by atoms with Crippen molar-refractivity contribution in [1.82, 2.24) is 10.2 Å². The van der Waals surface area contributed by atoms with E-state index in [1.807, 2.05) is 6.92 Å². The third-order valence-corrected chi connectivity index (χ3v) is 4.43. The predicted molar refractivity (Wildman–Crippen MR) is 76.1 cm³/mol. The molecule has 1 heterocycles. The number of ether oxygens (including phenoxy) is 1. The maximum Gasteiger partial charge on any atom is 0.246 e. The SMILES string of the molecule is CCOCC(=O)NC[C@H]1CCN(C2CCCCC2)C1. The van der Waals surface area contributed by atoms with Crippen molar-refractivity contribution in [3.63, 3.8) is 0 Å². The highest BCUT2D eigenvalue weighted by Gasteiger charge is 2.28. The zero-order chi connectivity index (χ0) is 13.5. The van der Waals surface area contributed by atoms with Gasteiger partial charge in [-0.2, -0.15) is 0 Å². The van der Waals surface area contributed by atoms with Crippen LogP contribution < -0.4 is 5.32 Å². The molecule has 1 saturated carbocycles. The predicted octanol–water partition coefficient (Wildman–Crippen LogP) is 1.79. The van der Waals surface area contributed by atoms with Gasteiger partial charge in [-0.3, -0.25) is 4.79 Å². The molecule has 2 fully saturated rings. The summed E-state index contributed by atoms with van der Waals surface area (Å²) in [5.41, 5.74) is 0. The van der Waals surface area contributed by atoms with Crippen LogP contribution in [0.1, 0.15) is 45.4 Å².